The van der Waals surface area contributed by atoms with E-state index in [9.17, 15) is 55.2 Å². The molecule has 3 aliphatic heterocycles. The quantitative estimate of drug-likeness (QED) is 0.0656. The Morgan fingerprint density at radius 3 is 1.40 bits per heavy atom. The molecule has 0 spiro atoms. The Labute approximate surface area is 463 Å². The van der Waals surface area contributed by atoms with Crippen LogP contribution in [0.3, 0.4) is 0 Å². The molecule has 8 heterocycles. The molecule has 3 fully saturated rings. The van der Waals surface area contributed by atoms with E-state index in [1.165, 1.54) is 30.3 Å². The molecule has 15 nitrogen and oxygen atoms in total. The van der Waals surface area contributed by atoms with Crippen LogP contribution in [0.2, 0.25) is 0 Å². The smallest absolute Gasteiger partial charge is 0.397 e. The SMILES string of the molecule is C.Nc1ccc(-c2ccc(F)cc2F)nc1CC(=O)N1CCC(Cc2cccnc2)C1.O=C(Cc1nc(-c2ccc(F)cc2F)ccc1[N+](=O)[O-])N1CCC(Cc2cccnc2)C1.O=C(N1CCC(Cc2cccnc2)C1)C(F)(F)F. The van der Waals surface area contributed by atoms with Crippen LogP contribution in [0.15, 0.2) is 134 Å². The number of hydrogen-bond acceptors (Lipinski definition) is 11. The number of rotatable bonds is 13. The minimum absolute atomic E-state index is 0. The second-order valence-electron chi connectivity index (χ2n) is 19.8. The van der Waals surface area contributed by atoms with Gasteiger partial charge in [-0.3, -0.25) is 44.4 Å². The molecule has 2 aromatic carbocycles. The Morgan fingerprint density at radius 1 is 0.580 bits per heavy atom. The van der Waals surface area contributed by atoms with Crippen LogP contribution in [-0.4, -0.2) is 108 Å². The van der Waals surface area contributed by atoms with Gasteiger partial charge < -0.3 is 20.4 Å². The second kappa shape index (κ2) is 27.5. The number of anilines is 1. The van der Waals surface area contributed by atoms with Gasteiger partial charge in [0.15, 0.2) is 0 Å². The maximum atomic E-state index is 14.2. The van der Waals surface area contributed by atoms with E-state index in [1.807, 2.05) is 41.4 Å². The predicted octanol–water partition coefficient (Wildman–Crippen LogP) is 10.3. The number of nitro groups is 1. The molecular formula is C59H59F7N10O5. The number of nitrogens with zero attached hydrogens (tertiary/aromatic N) is 9. The number of pyridine rings is 5. The monoisotopic (exact) mass is 1120 g/mol. The van der Waals surface area contributed by atoms with Gasteiger partial charge in [-0.1, -0.05) is 25.6 Å². The van der Waals surface area contributed by atoms with Gasteiger partial charge in [-0.2, -0.15) is 13.2 Å². The van der Waals surface area contributed by atoms with Crippen molar-refractivity contribution in [2.75, 3.05) is 45.0 Å². The predicted molar refractivity (Wildman–Crippen MR) is 288 cm³/mol. The van der Waals surface area contributed by atoms with Crippen molar-refractivity contribution >= 4 is 29.1 Å². The zero-order valence-corrected chi connectivity index (χ0v) is 43.1. The van der Waals surface area contributed by atoms with Gasteiger partial charge in [0.25, 0.3) is 5.69 Å². The number of nitrogen functional groups attached to an aromatic ring is 1. The molecule has 0 aliphatic carbocycles. The molecule has 10 rings (SSSR count). The fourth-order valence-electron chi connectivity index (χ4n) is 10.0. The van der Waals surface area contributed by atoms with E-state index < -0.39 is 40.3 Å². The average molecular weight is 1120 g/mol. The van der Waals surface area contributed by atoms with E-state index in [0.29, 0.717) is 62.0 Å². The molecule has 3 saturated heterocycles. The van der Waals surface area contributed by atoms with Crippen LogP contribution in [0.5, 0.6) is 0 Å². The summed E-state index contributed by atoms with van der Waals surface area (Å²) in [6.07, 6.45) is 10.2. The van der Waals surface area contributed by atoms with Crippen molar-refractivity contribution in [1.29, 1.82) is 0 Å². The molecule has 81 heavy (non-hydrogen) atoms. The summed E-state index contributed by atoms with van der Waals surface area (Å²) in [6.45, 7) is 2.84. The molecule has 3 atom stereocenters. The topological polar surface area (TPSA) is 195 Å². The maximum absolute atomic E-state index is 14.2. The Morgan fingerprint density at radius 2 is 0.988 bits per heavy atom. The molecule has 22 heteroatoms. The molecule has 0 radical (unpaired) electrons. The van der Waals surface area contributed by atoms with Crippen LogP contribution < -0.4 is 5.73 Å². The van der Waals surface area contributed by atoms with Crippen LogP contribution >= 0.6 is 0 Å². The number of likely N-dealkylation sites (tertiary alicyclic amines) is 3. The van der Waals surface area contributed by atoms with E-state index in [0.717, 1.165) is 65.5 Å². The fraction of sp³-hybridized carbons (Fsp3) is 0.322. The van der Waals surface area contributed by atoms with Crippen molar-refractivity contribution in [3.8, 4) is 22.5 Å². The van der Waals surface area contributed by atoms with Crippen molar-refractivity contribution in [1.82, 2.24) is 39.6 Å². The summed E-state index contributed by atoms with van der Waals surface area (Å²) in [5.74, 6) is -4.23. The molecule has 3 unspecified atom stereocenters. The number of carbonyl (C=O) groups is 3. The van der Waals surface area contributed by atoms with Crippen molar-refractivity contribution < 1.29 is 50.0 Å². The minimum atomic E-state index is -4.76. The van der Waals surface area contributed by atoms with Crippen LogP contribution in [-0.2, 0) is 46.5 Å². The van der Waals surface area contributed by atoms with E-state index in [2.05, 4.69) is 24.9 Å². The lowest BCUT2D eigenvalue weighted by molar-refractivity contribution is -0.385. The van der Waals surface area contributed by atoms with Crippen LogP contribution in [0, 0.1) is 51.1 Å². The molecule has 0 bridgehead atoms. The molecule has 424 valence electrons. The lowest BCUT2D eigenvalue weighted by atomic mass is 10.00. The summed E-state index contributed by atoms with van der Waals surface area (Å²) in [7, 11) is 0. The maximum Gasteiger partial charge on any atom is 0.471 e. The van der Waals surface area contributed by atoms with Gasteiger partial charge in [0.2, 0.25) is 11.8 Å². The Bertz CT molecular complexity index is 3290. The Hall–Kier alpha value is -8.69. The van der Waals surface area contributed by atoms with Gasteiger partial charge in [-0.05, 0) is 134 Å². The summed E-state index contributed by atoms with van der Waals surface area (Å²) in [4.78, 5) is 72.8. The fourth-order valence-corrected chi connectivity index (χ4v) is 10.0. The number of nitrogens with two attached hydrogens (primary N) is 1. The van der Waals surface area contributed by atoms with Gasteiger partial charge in [-0.25, -0.2) is 22.5 Å². The third kappa shape index (κ3) is 16.4. The van der Waals surface area contributed by atoms with Crippen molar-refractivity contribution in [3.63, 3.8) is 0 Å². The number of hydrogen-bond donors (Lipinski definition) is 1. The van der Waals surface area contributed by atoms with Crippen LogP contribution in [0.4, 0.5) is 42.1 Å². The number of benzene rings is 2. The Balaban J connectivity index is 0.000000181. The first kappa shape index (κ1) is 60.0. The van der Waals surface area contributed by atoms with Crippen molar-refractivity contribution in [2.45, 2.75) is 65.0 Å². The number of aromatic nitrogens is 5. The van der Waals surface area contributed by atoms with Crippen molar-refractivity contribution in [3.05, 3.63) is 196 Å². The van der Waals surface area contributed by atoms with E-state index in [4.69, 9.17) is 5.73 Å². The third-order valence-electron chi connectivity index (χ3n) is 14.0. The summed E-state index contributed by atoms with van der Waals surface area (Å²) in [5.41, 5.74) is 10.3. The highest BCUT2D eigenvalue weighted by Gasteiger charge is 2.44. The van der Waals surface area contributed by atoms with E-state index in [-0.39, 0.29) is 85.2 Å². The van der Waals surface area contributed by atoms with Crippen LogP contribution in [0.25, 0.3) is 22.5 Å². The molecule has 5 aromatic heterocycles. The lowest BCUT2D eigenvalue weighted by Gasteiger charge is -2.17. The second-order valence-corrected chi connectivity index (χ2v) is 19.8. The number of halogens is 7. The number of amides is 3. The zero-order chi connectivity index (χ0) is 56.9. The van der Waals surface area contributed by atoms with E-state index >= 15 is 0 Å². The highest BCUT2D eigenvalue weighted by atomic mass is 19.4. The molecule has 7 aromatic rings. The first-order valence-electron chi connectivity index (χ1n) is 25.8. The standard InChI is InChI=1S/C23H20F2N4O3.C23H22F2N4O.C12H13F3N2O.CH4/c24-17-3-4-18(19(25)11-17)20-5-6-22(29(31)32)21(27-20)12-23(30)28-9-7-16(14-28)10-15-2-1-8-26-13-15;24-17-3-4-18(19(25)11-17)21-6-5-20(26)22(28-21)12-23(30)29-9-7-16(14-29)10-15-2-1-8-27-13-15;13-12(14,15)11(18)17-5-3-10(8-17)6-9-2-1-4-16-7-9;/h1-6,8,11,13,16H,7,9-10,12,14H2;1-6,8,11,13,16H,7,9-10,12,14,26H2;1-2,4,7,10H,3,5-6,8H2;1H4. The first-order valence-corrected chi connectivity index (χ1v) is 25.8. The highest BCUT2D eigenvalue weighted by Crippen LogP contribution is 2.30. The summed E-state index contributed by atoms with van der Waals surface area (Å²) < 4.78 is 91.4. The van der Waals surface area contributed by atoms with Crippen LogP contribution in [0.1, 0.15) is 54.8 Å². The first-order chi connectivity index (χ1) is 38.4. The van der Waals surface area contributed by atoms with Gasteiger partial charge in [-0.15, -0.1) is 0 Å². The molecule has 3 amide bonds. The summed E-state index contributed by atoms with van der Waals surface area (Å²) in [6, 6.07) is 23.5. The minimum Gasteiger partial charge on any atom is -0.397 e. The summed E-state index contributed by atoms with van der Waals surface area (Å²) >= 11 is 0. The van der Waals surface area contributed by atoms with Gasteiger partial charge in [0.1, 0.15) is 29.0 Å². The molecule has 2 N–H and O–H groups in total. The van der Waals surface area contributed by atoms with Gasteiger partial charge >= 0.3 is 12.1 Å². The van der Waals surface area contributed by atoms with Gasteiger partial charge in [0.05, 0.1) is 40.5 Å². The molecule has 0 saturated carbocycles. The lowest BCUT2D eigenvalue weighted by Crippen LogP contribution is -2.39. The summed E-state index contributed by atoms with van der Waals surface area (Å²) in [5, 5.41) is 11.5. The largest absolute Gasteiger partial charge is 0.471 e. The average Bonchev–Trinajstić information content (AvgIpc) is 4.23. The molecule has 3 aliphatic rings. The third-order valence-corrected chi connectivity index (χ3v) is 14.0. The molecular weight excluding hydrogens is 1060 g/mol. The highest BCUT2D eigenvalue weighted by molar-refractivity contribution is 5.82. The number of carbonyl (C=O) groups excluding carboxylic acids is 3. The number of alkyl halides is 3. The van der Waals surface area contributed by atoms with Crippen molar-refractivity contribution in [2.24, 2.45) is 17.8 Å². The van der Waals surface area contributed by atoms with Gasteiger partial charge in [0, 0.05) is 106 Å². The zero-order valence-electron chi connectivity index (χ0n) is 43.1. The Kier molecular flexibility index (Phi) is 20.3. The van der Waals surface area contributed by atoms with E-state index in [1.54, 1.807) is 54.1 Å². The normalized spacial score (nSPS) is 16.6.